The maximum absolute atomic E-state index is 12.2. The average molecular weight is 947 g/mol. The molecule has 8 nitrogen and oxygen atoms in total. The molecule has 0 radical (unpaired) electrons. The second-order valence-electron chi connectivity index (χ2n) is 10.9. The molecule has 2 saturated heterocycles. The van der Waals surface area contributed by atoms with E-state index in [2.05, 4.69) is 64.7 Å². The number of piperazine rings is 2. The molecule has 2 aliphatic rings. The van der Waals surface area contributed by atoms with E-state index in [9.17, 15) is 9.59 Å². The van der Waals surface area contributed by atoms with Gasteiger partial charge in [0.2, 0.25) is 0 Å². The fraction of sp³-hybridized carbons (Fsp3) is 0.278. The van der Waals surface area contributed by atoms with E-state index in [0.29, 0.717) is 31.3 Å². The fourth-order valence-electron chi connectivity index (χ4n) is 4.81. The van der Waals surface area contributed by atoms with Gasteiger partial charge in [-0.15, -0.1) is 0 Å². The Hall–Kier alpha value is -2.55. The van der Waals surface area contributed by atoms with Crippen LogP contribution in [0.25, 0.3) is 0 Å². The monoisotopic (exact) mass is 944 g/mol. The van der Waals surface area contributed by atoms with E-state index in [1.807, 2.05) is 97.1 Å². The number of carbonyl (C=O) groups is 2. The summed E-state index contributed by atoms with van der Waals surface area (Å²) >= 11 is 21.0. The van der Waals surface area contributed by atoms with E-state index in [-0.39, 0.29) is 12.2 Å². The lowest BCUT2D eigenvalue weighted by molar-refractivity contribution is 0.0917. The van der Waals surface area contributed by atoms with Crippen LogP contribution in [0, 0.1) is 3.57 Å². The lowest BCUT2D eigenvalue weighted by Gasteiger charge is -2.35. The van der Waals surface area contributed by atoms with Crippen LogP contribution in [0.5, 0.6) is 0 Å². The molecular formula is C36H37Br2Cl2IN4O4. The third-order valence-electron chi connectivity index (χ3n) is 7.46. The van der Waals surface area contributed by atoms with Crippen molar-refractivity contribution in [3.8, 4) is 0 Å². The molecule has 2 aliphatic heterocycles. The fourth-order valence-corrected chi connectivity index (χ4v) is 6.61. The van der Waals surface area contributed by atoms with E-state index in [1.54, 1.807) is 9.80 Å². The molecular weight excluding hydrogens is 910 g/mol. The first kappa shape index (κ1) is 39.2. The Labute approximate surface area is 328 Å². The molecule has 0 unspecified atom stereocenters. The number of benzene rings is 4. The van der Waals surface area contributed by atoms with Crippen LogP contribution in [-0.4, -0.2) is 74.3 Å². The highest BCUT2D eigenvalue weighted by Gasteiger charge is 2.23. The van der Waals surface area contributed by atoms with E-state index in [4.69, 9.17) is 32.7 Å². The van der Waals surface area contributed by atoms with Crippen LogP contribution >= 0.6 is 77.7 Å². The molecule has 0 aliphatic carbocycles. The maximum Gasteiger partial charge on any atom is 0.410 e. The zero-order chi connectivity index (χ0) is 35.0. The number of nitrogens with one attached hydrogen (secondary N) is 1. The molecule has 2 heterocycles. The molecule has 13 heteroatoms. The zero-order valence-electron chi connectivity index (χ0n) is 26.7. The Balaban J connectivity index is 0.000000185. The topological polar surface area (TPSA) is 74.3 Å². The molecule has 260 valence electrons. The third kappa shape index (κ3) is 13.6. The van der Waals surface area contributed by atoms with Crippen LogP contribution in [0.4, 0.5) is 15.3 Å². The predicted octanol–water partition coefficient (Wildman–Crippen LogP) is 9.50. The number of ether oxygens (including phenoxy) is 2. The minimum atomic E-state index is -0.264. The Kier molecular flexibility index (Phi) is 16.8. The number of anilines is 1. The number of hydrogen-bond donors (Lipinski definition) is 1. The quantitative estimate of drug-likeness (QED) is 0.159. The van der Waals surface area contributed by atoms with Crippen molar-refractivity contribution in [3.63, 3.8) is 0 Å². The first-order valence-electron chi connectivity index (χ1n) is 15.6. The van der Waals surface area contributed by atoms with E-state index in [1.165, 1.54) is 0 Å². The van der Waals surface area contributed by atoms with Gasteiger partial charge in [0.1, 0.15) is 13.2 Å². The number of hydrogen-bond acceptors (Lipinski definition) is 6. The highest BCUT2D eigenvalue weighted by molar-refractivity contribution is 14.1. The van der Waals surface area contributed by atoms with E-state index in [0.717, 1.165) is 73.6 Å². The summed E-state index contributed by atoms with van der Waals surface area (Å²) in [5.74, 6) is 0. The summed E-state index contributed by atoms with van der Waals surface area (Å²) in [6, 6.07) is 31.1. The summed E-state index contributed by atoms with van der Waals surface area (Å²) in [5.41, 5.74) is 3.01. The second-order valence-corrected chi connectivity index (χ2v) is 14.8. The van der Waals surface area contributed by atoms with Crippen molar-refractivity contribution >= 4 is 95.5 Å². The molecule has 0 bridgehead atoms. The van der Waals surface area contributed by atoms with Crippen LogP contribution in [0.1, 0.15) is 11.1 Å². The molecule has 4 aromatic rings. The van der Waals surface area contributed by atoms with Gasteiger partial charge in [-0.3, -0.25) is 0 Å². The van der Waals surface area contributed by atoms with Gasteiger partial charge in [-0.2, -0.15) is 0 Å². The summed E-state index contributed by atoms with van der Waals surface area (Å²) in [6.45, 7) is 6.54. The predicted molar refractivity (Wildman–Crippen MR) is 213 cm³/mol. The van der Waals surface area contributed by atoms with Crippen molar-refractivity contribution < 1.29 is 19.1 Å². The standard InChI is InChI=1S/C18H18BrClN2O2.C12H16N2O2.C6H3BrClI/c19-15-6-7-17(16(20)12-15)21-8-10-22(11-9-21)18(23)24-13-14-4-2-1-3-5-14;15-12(14-8-6-13-7-9-14)16-10-11-4-2-1-3-5-11;7-4-1-2-6(9)5(8)3-4/h1-7,12H,8-11,13H2;1-5,13H,6-10H2;1-3H. The van der Waals surface area contributed by atoms with Crippen LogP contribution in [0.3, 0.4) is 0 Å². The molecule has 0 saturated carbocycles. The SMILES string of the molecule is Clc1cc(Br)ccc1I.O=C(OCc1ccccc1)N1CCN(c2ccc(Br)cc2Cl)CC1.O=C(OCc1ccccc1)N1CCNCC1. The number of nitrogens with zero attached hydrogens (tertiary/aromatic N) is 3. The molecule has 1 N–H and O–H groups in total. The van der Waals surface area contributed by atoms with Gasteiger partial charge in [-0.1, -0.05) is 116 Å². The lowest BCUT2D eigenvalue weighted by atomic mass is 10.2. The number of carbonyl (C=O) groups excluding carboxylic acids is 2. The Morgan fingerprint density at radius 1 is 0.653 bits per heavy atom. The largest absolute Gasteiger partial charge is 0.445 e. The van der Waals surface area contributed by atoms with Crippen LogP contribution in [0.15, 0.2) is 106 Å². The highest BCUT2D eigenvalue weighted by atomic mass is 127. The van der Waals surface area contributed by atoms with Gasteiger partial charge in [-0.05, 0) is 70.1 Å². The smallest absolute Gasteiger partial charge is 0.410 e. The minimum absolute atomic E-state index is 0.217. The van der Waals surface area contributed by atoms with Gasteiger partial charge in [0, 0.05) is 64.9 Å². The van der Waals surface area contributed by atoms with Gasteiger partial charge in [0.25, 0.3) is 0 Å². The first-order valence-corrected chi connectivity index (χ1v) is 19.0. The van der Waals surface area contributed by atoms with Crippen LogP contribution in [0.2, 0.25) is 10.0 Å². The average Bonchev–Trinajstić information content (AvgIpc) is 3.13. The zero-order valence-corrected chi connectivity index (χ0v) is 33.5. The molecule has 0 spiro atoms. The number of halogens is 5. The van der Waals surface area contributed by atoms with Crippen molar-refractivity contribution in [1.82, 2.24) is 15.1 Å². The second kappa shape index (κ2) is 21.0. The normalized spacial score (nSPS) is 14.1. The Morgan fingerprint density at radius 3 is 1.59 bits per heavy atom. The van der Waals surface area contributed by atoms with Crippen molar-refractivity contribution in [1.29, 1.82) is 0 Å². The number of amides is 2. The molecule has 0 aromatic heterocycles. The Morgan fingerprint density at radius 2 is 1.12 bits per heavy atom. The van der Waals surface area contributed by atoms with Crippen molar-refractivity contribution in [2.24, 2.45) is 0 Å². The lowest BCUT2D eigenvalue weighted by Crippen LogP contribution is -2.49. The van der Waals surface area contributed by atoms with Gasteiger partial charge in [0.15, 0.2) is 0 Å². The third-order valence-corrected chi connectivity index (χ3v) is 10.3. The summed E-state index contributed by atoms with van der Waals surface area (Å²) in [7, 11) is 0. The van der Waals surface area contributed by atoms with Crippen molar-refractivity contribution in [2.45, 2.75) is 13.2 Å². The summed E-state index contributed by atoms with van der Waals surface area (Å²) < 4.78 is 13.7. The molecule has 49 heavy (non-hydrogen) atoms. The van der Waals surface area contributed by atoms with E-state index < -0.39 is 0 Å². The maximum atomic E-state index is 12.2. The molecule has 0 atom stereocenters. The minimum Gasteiger partial charge on any atom is -0.445 e. The highest BCUT2D eigenvalue weighted by Crippen LogP contribution is 2.29. The van der Waals surface area contributed by atoms with Gasteiger partial charge in [0.05, 0.1) is 15.7 Å². The molecule has 2 fully saturated rings. The Bertz CT molecular complexity index is 1630. The number of rotatable bonds is 5. The first-order chi connectivity index (χ1) is 23.7. The van der Waals surface area contributed by atoms with Crippen LogP contribution in [-0.2, 0) is 22.7 Å². The summed E-state index contributed by atoms with van der Waals surface area (Å²) in [4.78, 5) is 29.5. The molecule has 2 amide bonds. The van der Waals surface area contributed by atoms with Crippen molar-refractivity contribution in [2.75, 3.05) is 57.3 Å². The molecule has 4 aromatic carbocycles. The van der Waals surface area contributed by atoms with Gasteiger partial charge >= 0.3 is 12.2 Å². The molecule has 6 rings (SSSR count). The van der Waals surface area contributed by atoms with Crippen LogP contribution < -0.4 is 10.2 Å². The van der Waals surface area contributed by atoms with E-state index >= 15 is 0 Å². The van der Waals surface area contributed by atoms with Gasteiger partial charge < -0.3 is 29.5 Å². The summed E-state index contributed by atoms with van der Waals surface area (Å²) in [5, 5.41) is 4.70. The van der Waals surface area contributed by atoms with Gasteiger partial charge in [-0.25, -0.2) is 9.59 Å². The summed E-state index contributed by atoms with van der Waals surface area (Å²) in [6.07, 6.45) is -0.481. The van der Waals surface area contributed by atoms with Crippen molar-refractivity contribution in [3.05, 3.63) is 131 Å².